The predicted octanol–water partition coefficient (Wildman–Crippen LogP) is 1.10. The van der Waals surface area contributed by atoms with Crippen LogP contribution in [0.25, 0.3) is 0 Å². The van der Waals surface area contributed by atoms with Gasteiger partial charge in [0.1, 0.15) is 10.0 Å². The maximum atomic E-state index is 4.88. The largest absolute Gasteiger partial charge is 0.377 e. The van der Waals surface area contributed by atoms with E-state index >= 15 is 0 Å². The molecule has 0 aliphatic heterocycles. The van der Waals surface area contributed by atoms with Gasteiger partial charge in [0.05, 0.1) is 6.61 Å². The zero-order valence-electron chi connectivity index (χ0n) is 6.03. The van der Waals surface area contributed by atoms with Crippen molar-refractivity contribution in [2.45, 2.75) is 13.0 Å². The van der Waals surface area contributed by atoms with Crippen LogP contribution in [-0.2, 0) is 17.8 Å². The molecular weight excluding hydrogens is 180 g/mol. The Morgan fingerprint density at radius 2 is 2.27 bits per heavy atom. The molecule has 1 radical (unpaired) electrons. The summed E-state index contributed by atoms with van der Waals surface area (Å²) in [6, 6.07) is 0. The van der Waals surface area contributed by atoms with E-state index in [1.54, 1.807) is 7.11 Å². The van der Waals surface area contributed by atoms with Crippen LogP contribution < -0.4 is 0 Å². The van der Waals surface area contributed by atoms with E-state index in [0.29, 0.717) is 13.0 Å². The molecule has 1 heterocycles. The number of hydrogen-bond acceptors (Lipinski definition) is 5. The van der Waals surface area contributed by atoms with Crippen molar-refractivity contribution in [3.05, 3.63) is 10.0 Å². The van der Waals surface area contributed by atoms with Gasteiger partial charge in [0.15, 0.2) is 0 Å². The molecule has 0 aromatic carbocycles. The number of rotatable bonds is 4. The van der Waals surface area contributed by atoms with Crippen molar-refractivity contribution in [3.8, 4) is 0 Å². The molecular formula is C6H7N2OS2. The van der Waals surface area contributed by atoms with Gasteiger partial charge in [-0.25, -0.2) is 0 Å². The Hall–Kier alpha value is -0.390. The molecule has 0 N–H and O–H groups in total. The fourth-order valence-electron chi connectivity index (χ4n) is 0.603. The smallest absolute Gasteiger partial charge is 0.143 e. The molecule has 0 unspecified atom stereocenters. The first-order chi connectivity index (χ1) is 5.36. The highest BCUT2D eigenvalue weighted by molar-refractivity contribution is 7.79. The molecule has 1 aromatic rings. The predicted molar refractivity (Wildman–Crippen MR) is 46.9 cm³/mol. The van der Waals surface area contributed by atoms with Crippen LogP contribution in [0.4, 0.5) is 0 Å². The molecule has 11 heavy (non-hydrogen) atoms. The van der Waals surface area contributed by atoms with Gasteiger partial charge >= 0.3 is 0 Å². The van der Waals surface area contributed by atoms with Gasteiger partial charge in [-0.2, -0.15) is 0 Å². The normalized spacial score (nSPS) is 9.91. The van der Waals surface area contributed by atoms with Crippen LogP contribution in [0.2, 0.25) is 0 Å². The first-order valence-corrected chi connectivity index (χ1v) is 4.24. The first-order valence-electron chi connectivity index (χ1n) is 3.02. The highest BCUT2D eigenvalue weighted by Gasteiger charge is 2.01. The van der Waals surface area contributed by atoms with Crippen molar-refractivity contribution in [1.29, 1.82) is 0 Å². The van der Waals surface area contributed by atoms with E-state index in [-0.39, 0.29) is 0 Å². The van der Waals surface area contributed by atoms with E-state index in [0.717, 1.165) is 10.0 Å². The van der Waals surface area contributed by atoms with E-state index in [9.17, 15) is 0 Å². The molecule has 5 heteroatoms. The molecule has 0 saturated carbocycles. The van der Waals surface area contributed by atoms with Gasteiger partial charge in [0.2, 0.25) is 0 Å². The summed E-state index contributed by atoms with van der Waals surface area (Å²) in [7, 11) is 1.63. The van der Waals surface area contributed by atoms with E-state index in [1.807, 2.05) is 0 Å². The minimum atomic E-state index is 0.523. The average Bonchev–Trinajstić information content (AvgIpc) is 2.38. The molecule has 0 saturated heterocycles. The Kier molecular flexibility index (Phi) is 3.55. The van der Waals surface area contributed by atoms with E-state index in [2.05, 4.69) is 27.8 Å². The molecule has 1 aromatic heterocycles. The number of ether oxygens (including phenoxy) is 1. The molecule has 1 rings (SSSR count). The fraction of sp³-hybridized carbons (Fsp3) is 0.500. The lowest BCUT2D eigenvalue weighted by atomic mass is 10.5. The van der Waals surface area contributed by atoms with Gasteiger partial charge in [-0.3, -0.25) is 0 Å². The lowest BCUT2D eigenvalue weighted by Crippen LogP contribution is -1.84. The van der Waals surface area contributed by atoms with Crippen molar-refractivity contribution < 1.29 is 4.74 Å². The number of hydrogen-bond donors (Lipinski definition) is 0. The van der Waals surface area contributed by atoms with Crippen molar-refractivity contribution in [2.75, 3.05) is 7.11 Å². The van der Waals surface area contributed by atoms with Crippen LogP contribution in [0, 0.1) is 0 Å². The second-order valence-corrected chi connectivity index (χ2v) is 3.28. The van der Waals surface area contributed by atoms with Gasteiger partial charge in [-0.15, -0.1) is 10.2 Å². The topological polar surface area (TPSA) is 35.0 Å². The number of methoxy groups -OCH3 is 1. The molecule has 0 fully saturated rings. The summed E-state index contributed by atoms with van der Waals surface area (Å²) in [6.07, 6.45) is 0.594. The van der Waals surface area contributed by atoms with Crippen molar-refractivity contribution in [2.24, 2.45) is 0 Å². The van der Waals surface area contributed by atoms with Crippen LogP contribution in [0.15, 0.2) is 0 Å². The summed E-state index contributed by atoms with van der Waals surface area (Å²) in [4.78, 5) is 0. The highest BCUT2D eigenvalue weighted by atomic mass is 32.1. The number of aromatic nitrogens is 2. The quantitative estimate of drug-likeness (QED) is 0.661. The van der Waals surface area contributed by atoms with E-state index in [1.165, 1.54) is 11.3 Å². The van der Waals surface area contributed by atoms with Crippen LogP contribution in [-0.4, -0.2) is 22.7 Å². The summed E-state index contributed by atoms with van der Waals surface area (Å²) in [5.74, 6) is 0. The molecule has 0 aliphatic rings. The Bertz CT molecular complexity index is 236. The molecule has 0 bridgehead atoms. The highest BCUT2D eigenvalue weighted by Crippen LogP contribution is 2.09. The zero-order valence-corrected chi connectivity index (χ0v) is 7.67. The van der Waals surface area contributed by atoms with Crippen LogP contribution >= 0.6 is 23.6 Å². The maximum absolute atomic E-state index is 4.88. The SMILES string of the molecule is COCc1nnc(C[C]=S)s1. The molecule has 0 atom stereocenters. The fourth-order valence-corrected chi connectivity index (χ4v) is 1.59. The second-order valence-electron chi connectivity index (χ2n) is 1.84. The average molecular weight is 187 g/mol. The number of nitrogens with zero attached hydrogens (tertiary/aromatic N) is 2. The van der Waals surface area contributed by atoms with Gasteiger partial charge in [0, 0.05) is 18.9 Å². The molecule has 0 amide bonds. The summed E-state index contributed by atoms with van der Waals surface area (Å²) in [5.41, 5.74) is 0. The summed E-state index contributed by atoms with van der Waals surface area (Å²) >= 11 is 6.07. The van der Waals surface area contributed by atoms with Gasteiger partial charge in [0.25, 0.3) is 0 Å². The molecule has 0 aliphatic carbocycles. The molecule has 59 valence electrons. The summed E-state index contributed by atoms with van der Waals surface area (Å²) < 4.78 is 4.88. The molecule has 0 spiro atoms. The summed E-state index contributed by atoms with van der Waals surface area (Å²) in [6.45, 7) is 0.523. The lowest BCUT2D eigenvalue weighted by Gasteiger charge is -1.87. The van der Waals surface area contributed by atoms with Gasteiger partial charge in [-0.05, 0) is 0 Å². The van der Waals surface area contributed by atoms with Crippen molar-refractivity contribution in [1.82, 2.24) is 10.2 Å². The Morgan fingerprint density at radius 1 is 1.55 bits per heavy atom. The summed E-state index contributed by atoms with van der Waals surface area (Å²) in [5, 5.41) is 12.1. The van der Waals surface area contributed by atoms with Crippen molar-refractivity contribution in [3.63, 3.8) is 0 Å². The Morgan fingerprint density at radius 3 is 2.91 bits per heavy atom. The third kappa shape index (κ3) is 2.61. The third-order valence-corrected chi connectivity index (χ3v) is 2.04. The second kappa shape index (κ2) is 4.48. The third-order valence-electron chi connectivity index (χ3n) is 1.000. The standard InChI is InChI=1S/C6H7N2OS2/c1-9-4-6-8-7-5(11-6)2-3-10/h2,4H2,1H3. The van der Waals surface area contributed by atoms with Crippen LogP contribution in [0.1, 0.15) is 10.0 Å². The minimum Gasteiger partial charge on any atom is -0.377 e. The van der Waals surface area contributed by atoms with Crippen LogP contribution in [0.5, 0.6) is 0 Å². The van der Waals surface area contributed by atoms with E-state index in [4.69, 9.17) is 4.74 Å². The van der Waals surface area contributed by atoms with Crippen LogP contribution in [0.3, 0.4) is 0 Å². The van der Waals surface area contributed by atoms with E-state index < -0.39 is 0 Å². The first kappa shape index (κ1) is 8.70. The Labute approximate surface area is 74.4 Å². The zero-order chi connectivity index (χ0) is 8.10. The lowest BCUT2D eigenvalue weighted by molar-refractivity contribution is 0.184. The van der Waals surface area contributed by atoms with Gasteiger partial charge < -0.3 is 4.74 Å². The maximum Gasteiger partial charge on any atom is 0.143 e. The Balaban J connectivity index is 2.57. The minimum absolute atomic E-state index is 0.523. The van der Waals surface area contributed by atoms with Crippen molar-refractivity contribution >= 4 is 28.9 Å². The number of thiocarbonyl (C=S) groups is 1. The van der Waals surface area contributed by atoms with Gasteiger partial charge in [-0.1, -0.05) is 23.6 Å². The monoisotopic (exact) mass is 187 g/mol. The molecule has 3 nitrogen and oxygen atoms in total.